The normalized spacial score (nSPS) is 13.1. The topological polar surface area (TPSA) is 98.6 Å². The number of amides is 1. The van der Waals surface area contributed by atoms with Gasteiger partial charge in [-0.1, -0.05) is 6.07 Å². The van der Waals surface area contributed by atoms with Crippen molar-refractivity contribution in [3.8, 4) is 5.75 Å². The average molecular weight is 270 g/mol. The summed E-state index contributed by atoms with van der Waals surface area (Å²) in [5.41, 5.74) is 10.5. The monoisotopic (exact) mass is 270 g/mol. The van der Waals surface area contributed by atoms with Crippen molar-refractivity contribution < 1.29 is 19.0 Å². The quantitative estimate of drug-likeness (QED) is 0.757. The van der Waals surface area contributed by atoms with Crippen LogP contribution in [0.3, 0.4) is 0 Å². The smallest absolute Gasteiger partial charge is 0.405 e. The minimum atomic E-state index is -0.868. The van der Waals surface area contributed by atoms with E-state index in [4.69, 9.17) is 21.3 Å². The number of nitrogens with two attached hydrogens (primary N) is 2. The third kappa shape index (κ3) is 5.13. The summed E-state index contributed by atoms with van der Waals surface area (Å²) in [6, 6.07) is 3.52. The molecule has 0 heterocycles. The zero-order chi connectivity index (χ0) is 14.6. The molecule has 0 bridgehead atoms. The maximum atomic E-state index is 13.5. The third-order valence-electron chi connectivity index (χ3n) is 2.65. The second kappa shape index (κ2) is 5.88. The molecule has 0 aromatic heterocycles. The molecule has 6 heteroatoms. The SMILES string of the molecule is CC(C)(CC(N)Cc1ccc(O)cc1F)OC(N)=O. The van der Waals surface area contributed by atoms with Crippen LogP contribution in [-0.2, 0) is 11.2 Å². The Labute approximate surface area is 111 Å². The standard InChI is InChI=1S/C13H19FN2O3/c1-13(2,19-12(16)18)7-9(15)5-8-3-4-10(17)6-11(8)14/h3-4,6,9,17H,5,7,15H2,1-2H3,(H2,16,18). The number of benzene rings is 1. The number of primary amides is 1. The number of halogens is 1. The molecule has 0 aliphatic carbocycles. The van der Waals surface area contributed by atoms with Crippen LogP contribution in [0.1, 0.15) is 25.8 Å². The molecule has 1 aromatic carbocycles. The van der Waals surface area contributed by atoms with E-state index in [0.717, 1.165) is 6.07 Å². The number of carbonyl (C=O) groups excluding carboxylic acids is 1. The summed E-state index contributed by atoms with van der Waals surface area (Å²) in [5, 5.41) is 9.11. The zero-order valence-electron chi connectivity index (χ0n) is 11.0. The molecule has 1 rings (SSSR count). The molecular formula is C13H19FN2O3. The van der Waals surface area contributed by atoms with E-state index in [1.165, 1.54) is 12.1 Å². The number of carbonyl (C=O) groups is 1. The van der Waals surface area contributed by atoms with E-state index in [-0.39, 0.29) is 12.2 Å². The minimum absolute atomic E-state index is 0.132. The van der Waals surface area contributed by atoms with Crippen LogP contribution in [0.5, 0.6) is 5.75 Å². The summed E-state index contributed by atoms with van der Waals surface area (Å²) in [4.78, 5) is 10.7. The molecular weight excluding hydrogens is 251 g/mol. The van der Waals surface area contributed by atoms with Crippen LogP contribution in [0.2, 0.25) is 0 Å². The number of hydrogen-bond acceptors (Lipinski definition) is 4. The lowest BCUT2D eigenvalue weighted by Gasteiger charge is -2.27. The molecule has 1 amide bonds. The van der Waals surface area contributed by atoms with Crippen molar-refractivity contribution >= 4 is 6.09 Å². The van der Waals surface area contributed by atoms with Gasteiger partial charge in [0.05, 0.1) is 0 Å². The van der Waals surface area contributed by atoms with Gasteiger partial charge in [0, 0.05) is 18.5 Å². The maximum absolute atomic E-state index is 13.5. The van der Waals surface area contributed by atoms with E-state index in [1.54, 1.807) is 13.8 Å². The molecule has 0 aliphatic heterocycles. The van der Waals surface area contributed by atoms with Crippen LogP contribution >= 0.6 is 0 Å². The fourth-order valence-electron chi connectivity index (χ4n) is 2.00. The second-order valence-corrected chi connectivity index (χ2v) is 5.12. The van der Waals surface area contributed by atoms with Crippen molar-refractivity contribution in [2.45, 2.75) is 38.3 Å². The van der Waals surface area contributed by atoms with Crippen molar-refractivity contribution in [1.82, 2.24) is 0 Å². The highest BCUT2D eigenvalue weighted by Gasteiger charge is 2.25. The molecule has 1 aromatic rings. The number of rotatable bonds is 5. The van der Waals surface area contributed by atoms with Crippen molar-refractivity contribution in [2.75, 3.05) is 0 Å². The molecule has 19 heavy (non-hydrogen) atoms. The largest absolute Gasteiger partial charge is 0.508 e. The fourth-order valence-corrected chi connectivity index (χ4v) is 2.00. The van der Waals surface area contributed by atoms with Crippen molar-refractivity contribution in [3.63, 3.8) is 0 Å². The highest BCUT2D eigenvalue weighted by atomic mass is 19.1. The lowest BCUT2D eigenvalue weighted by atomic mass is 9.94. The molecule has 0 fully saturated rings. The Balaban J connectivity index is 2.64. The Bertz CT molecular complexity index is 463. The first-order valence-electron chi connectivity index (χ1n) is 5.91. The van der Waals surface area contributed by atoms with Crippen molar-refractivity contribution in [2.24, 2.45) is 11.5 Å². The van der Waals surface area contributed by atoms with Crippen molar-refractivity contribution in [1.29, 1.82) is 0 Å². The van der Waals surface area contributed by atoms with Gasteiger partial charge in [0.2, 0.25) is 0 Å². The predicted octanol–water partition coefficient (Wildman–Crippen LogP) is 1.67. The van der Waals surface area contributed by atoms with Gasteiger partial charge >= 0.3 is 6.09 Å². The molecule has 1 atom stereocenters. The summed E-state index contributed by atoms with van der Waals surface area (Å²) < 4.78 is 18.5. The molecule has 0 aliphatic rings. The highest BCUT2D eigenvalue weighted by molar-refractivity contribution is 5.65. The average Bonchev–Trinajstić information content (AvgIpc) is 2.19. The van der Waals surface area contributed by atoms with Gasteiger partial charge in [-0.05, 0) is 31.9 Å². The number of phenols is 1. The van der Waals surface area contributed by atoms with Crippen LogP contribution in [0.4, 0.5) is 9.18 Å². The Kier molecular flexibility index (Phi) is 4.72. The van der Waals surface area contributed by atoms with Crippen molar-refractivity contribution in [3.05, 3.63) is 29.6 Å². The summed E-state index contributed by atoms with van der Waals surface area (Å²) >= 11 is 0. The summed E-state index contributed by atoms with van der Waals surface area (Å²) in [5.74, 6) is -0.642. The summed E-state index contributed by atoms with van der Waals surface area (Å²) in [6.45, 7) is 3.37. The third-order valence-corrected chi connectivity index (χ3v) is 2.65. The van der Waals surface area contributed by atoms with Gasteiger partial charge in [0.1, 0.15) is 17.2 Å². The Morgan fingerprint density at radius 3 is 2.68 bits per heavy atom. The maximum Gasteiger partial charge on any atom is 0.405 e. The first-order chi connectivity index (χ1) is 8.69. The van der Waals surface area contributed by atoms with Crippen LogP contribution in [0.15, 0.2) is 18.2 Å². The van der Waals surface area contributed by atoms with Crippen LogP contribution in [0.25, 0.3) is 0 Å². The van der Waals surface area contributed by atoms with Gasteiger partial charge in [-0.25, -0.2) is 9.18 Å². The molecule has 1 unspecified atom stereocenters. The molecule has 0 saturated carbocycles. The number of hydrogen-bond donors (Lipinski definition) is 3. The number of phenolic OH excluding ortho intramolecular Hbond substituents is 1. The first kappa shape index (κ1) is 15.2. The summed E-state index contributed by atoms with van der Waals surface area (Å²) in [6.07, 6.45) is -0.249. The molecule has 5 N–H and O–H groups in total. The Morgan fingerprint density at radius 1 is 1.53 bits per heavy atom. The zero-order valence-corrected chi connectivity index (χ0v) is 11.0. The molecule has 106 valence electrons. The highest BCUT2D eigenvalue weighted by Crippen LogP contribution is 2.21. The lowest BCUT2D eigenvalue weighted by Crippen LogP contribution is -2.38. The van der Waals surface area contributed by atoms with E-state index in [0.29, 0.717) is 12.0 Å². The van der Waals surface area contributed by atoms with E-state index in [9.17, 15) is 9.18 Å². The van der Waals surface area contributed by atoms with Gasteiger partial charge in [0.15, 0.2) is 0 Å². The van der Waals surface area contributed by atoms with Gasteiger partial charge < -0.3 is 21.3 Å². The Hall–Kier alpha value is -1.82. The van der Waals surface area contributed by atoms with E-state index >= 15 is 0 Å². The van der Waals surface area contributed by atoms with E-state index < -0.39 is 23.6 Å². The predicted molar refractivity (Wildman–Crippen MR) is 69.1 cm³/mol. The molecule has 0 radical (unpaired) electrons. The van der Waals surface area contributed by atoms with Crippen LogP contribution < -0.4 is 11.5 Å². The van der Waals surface area contributed by atoms with Crippen LogP contribution in [-0.4, -0.2) is 22.8 Å². The van der Waals surface area contributed by atoms with Gasteiger partial charge in [-0.15, -0.1) is 0 Å². The van der Waals surface area contributed by atoms with Gasteiger partial charge in [0.25, 0.3) is 0 Å². The van der Waals surface area contributed by atoms with E-state index in [1.807, 2.05) is 0 Å². The lowest BCUT2D eigenvalue weighted by molar-refractivity contribution is 0.0342. The first-order valence-corrected chi connectivity index (χ1v) is 5.91. The molecule has 0 saturated heterocycles. The molecule has 5 nitrogen and oxygen atoms in total. The number of ether oxygens (including phenoxy) is 1. The van der Waals surface area contributed by atoms with Gasteiger partial charge in [-0.2, -0.15) is 0 Å². The molecule has 0 spiro atoms. The second-order valence-electron chi connectivity index (χ2n) is 5.12. The van der Waals surface area contributed by atoms with Gasteiger partial charge in [-0.3, -0.25) is 0 Å². The van der Waals surface area contributed by atoms with E-state index in [2.05, 4.69) is 0 Å². The summed E-state index contributed by atoms with van der Waals surface area (Å²) in [7, 11) is 0. The minimum Gasteiger partial charge on any atom is -0.508 e. The van der Waals surface area contributed by atoms with Crippen LogP contribution in [0, 0.1) is 5.82 Å². The Morgan fingerprint density at radius 2 is 2.16 bits per heavy atom. The fraction of sp³-hybridized carbons (Fsp3) is 0.462. The number of aromatic hydroxyl groups is 1.